The molecule has 2 heterocycles. The molecule has 0 aliphatic heterocycles. The molecule has 1 saturated carbocycles. The van der Waals surface area contributed by atoms with Crippen molar-refractivity contribution in [2.24, 2.45) is 11.8 Å². The zero-order chi connectivity index (χ0) is 21.3. The molecule has 158 valence electrons. The van der Waals surface area contributed by atoms with Crippen molar-refractivity contribution in [3.05, 3.63) is 67.7 Å². The molecular formula is C23H26N2O4S. The van der Waals surface area contributed by atoms with E-state index in [0.717, 1.165) is 16.9 Å². The fourth-order valence-electron chi connectivity index (χ4n) is 3.93. The van der Waals surface area contributed by atoms with Crippen molar-refractivity contribution in [1.29, 1.82) is 0 Å². The predicted molar refractivity (Wildman–Crippen MR) is 118 cm³/mol. The van der Waals surface area contributed by atoms with E-state index in [2.05, 4.69) is 0 Å². The Morgan fingerprint density at radius 1 is 1.20 bits per heavy atom. The lowest BCUT2D eigenvalue weighted by molar-refractivity contribution is -0.141. The van der Waals surface area contributed by atoms with Crippen molar-refractivity contribution < 1.29 is 9.90 Å². The lowest BCUT2D eigenvalue weighted by Crippen LogP contribution is -2.41. The van der Waals surface area contributed by atoms with E-state index in [1.165, 1.54) is 39.7 Å². The molecule has 2 aromatic heterocycles. The standard InChI is InChI=1S/C23H26N2O4S/c1-15(22(27)28)14-25-21-19(13-18(30-21)12-17-8-5-9-17)20(26)24(23(25)29)11-10-16-6-3-2-4-7-16/h2-4,6-7,13,15,17H,5,8-12,14H2,1H3,(H,27,28). The lowest BCUT2D eigenvalue weighted by atomic mass is 9.83. The number of nitrogens with zero attached hydrogens (tertiary/aromatic N) is 2. The number of benzene rings is 1. The third-order valence-electron chi connectivity index (χ3n) is 6.01. The first-order valence-corrected chi connectivity index (χ1v) is 11.3. The van der Waals surface area contributed by atoms with Gasteiger partial charge >= 0.3 is 11.7 Å². The average molecular weight is 427 g/mol. The molecule has 1 fully saturated rings. The Balaban J connectivity index is 1.76. The Morgan fingerprint density at radius 2 is 1.93 bits per heavy atom. The van der Waals surface area contributed by atoms with Crippen LogP contribution in [0.3, 0.4) is 0 Å². The second-order valence-corrected chi connectivity index (χ2v) is 9.37. The molecule has 0 radical (unpaired) electrons. The fraction of sp³-hybridized carbons (Fsp3) is 0.435. The van der Waals surface area contributed by atoms with Gasteiger partial charge in [-0.3, -0.25) is 18.7 Å². The van der Waals surface area contributed by atoms with Crippen LogP contribution < -0.4 is 11.2 Å². The zero-order valence-corrected chi connectivity index (χ0v) is 17.9. The molecule has 0 amide bonds. The van der Waals surface area contributed by atoms with Gasteiger partial charge in [0.05, 0.1) is 11.3 Å². The minimum absolute atomic E-state index is 0.0552. The molecule has 7 heteroatoms. The number of hydrogen-bond donors (Lipinski definition) is 1. The van der Waals surface area contributed by atoms with Gasteiger partial charge in [0, 0.05) is 18.0 Å². The van der Waals surface area contributed by atoms with Crippen LogP contribution >= 0.6 is 11.3 Å². The second kappa shape index (κ2) is 8.60. The van der Waals surface area contributed by atoms with Gasteiger partial charge in [0.1, 0.15) is 4.83 Å². The minimum atomic E-state index is -0.955. The van der Waals surface area contributed by atoms with E-state index >= 15 is 0 Å². The van der Waals surface area contributed by atoms with Crippen LogP contribution in [-0.4, -0.2) is 20.2 Å². The van der Waals surface area contributed by atoms with Gasteiger partial charge < -0.3 is 5.11 Å². The van der Waals surface area contributed by atoms with E-state index in [-0.39, 0.29) is 18.6 Å². The van der Waals surface area contributed by atoms with Crippen LogP contribution in [0.5, 0.6) is 0 Å². The molecule has 3 aromatic rings. The van der Waals surface area contributed by atoms with Crippen LogP contribution in [0.25, 0.3) is 10.2 Å². The van der Waals surface area contributed by atoms with Gasteiger partial charge in [-0.2, -0.15) is 0 Å². The van der Waals surface area contributed by atoms with Crippen molar-refractivity contribution >= 4 is 27.5 Å². The molecule has 1 aliphatic carbocycles. The first-order chi connectivity index (χ1) is 14.4. The molecule has 1 N–H and O–H groups in total. The Morgan fingerprint density at radius 3 is 2.57 bits per heavy atom. The number of carboxylic acids is 1. The van der Waals surface area contributed by atoms with E-state index in [9.17, 15) is 19.5 Å². The number of aryl methyl sites for hydroxylation is 1. The second-order valence-electron chi connectivity index (χ2n) is 8.26. The topological polar surface area (TPSA) is 81.3 Å². The highest BCUT2D eigenvalue weighted by atomic mass is 32.1. The summed E-state index contributed by atoms with van der Waals surface area (Å²) in [5.41, 5.74) is 0.347. The SMILES string of the molecule is CC(Cn1c(=O)n(CCc2ccccc2)c(=O)c2cc(CC3CCC3)sc21)C(=O)O. The van der Waals surface area contributed by atoms with E-state index in [1.807, 2.05) is 36.4 Å². The van der Waals surface area contributed by atoms with Gasteiger partial charge in [-0.1, -0.05) is 56.5 Å². The summed E-state index contributed by atoms with van der Waals surface area (Å²) in [5, 5.41) is 9.89. The van der Waals surface area contributed by atoms with Gasteiger partial charge in [-0.25, -0.2) is 4.79 Å². The van der Waals surface area contributed by atoms with Crippen molar-refractivity contribution in [3.63, 3.8) is 0 Å². The highest BCUT2D eigenvalue weighted by Crippen LogP contribution is 2.33. The molecule has 1 unspecified atom stereocenters. The quantitative estimate of drug-likeness (QED) is 0.597. The highest BCUT2D eigenvalue weighted by Gasteiger charge is 2.23. The number of carboxylic acid groups (broad SMARTS) is 1. The average Bonchev–Trinajstić information content (AvgIpc) is 3.12. The van der Waals surface area contributed by atoms with E-state index in [1.54, 1.807) is 6.92 Å². The monoisotopic (exact) mass is 426 g/mol. The molecule has 4 rings (SSSR count). The van der Waals surface area contributed by atoms with Gasteiger partial charge in [0.2, 0.25) is 0 Å². The number of thiophene rings is 1. The van der Waals surface area contributed by atoms with Gasteiger partial charge in [0.25, 0.3) is 5.56 Å². The third kappa shape index (κ3) is 4.12. The zero-order valence-electron chi connectivity index (χ0n) is 17.0. The predicted octanol–water partition coefficient (Wildman–Crippen LogP) is 3.53. The van der Waals surface area contributed by atoms with Crippen molar-refractivity contribution in [1.82, 2.24) is 9.13 Å². The Hall–Kier alpha value is -2.67. The number of hydrogen-bond acceptors (Lipinski definition) is 4. The Labute approximate surface area is 178 Å². The highest BCUT2D eigenvalue weighted by molar-refractivity contribution is 7.18. The normalized spacial score (nSPS) is 15.2. The summed E-state index contributed by atoms with van der Waals surface area (Å²) in [4.78, 5) is 39.5. The van der Waals surface area contributed by atoms with Crippen LogP contribution in [0, 0.1) is 11.8 Å². The number of fused-ring (bicyclic) bond motifs is 1. The van der Waals surface area contributed by atoms with Gasteiger partial charge in [-0.15, -0.1) is 11.3 Å². The van der Waals surface area contributed by atoms with Gasteiger partial charge in [-0.05, 0) is 30.4 Å². The van der Waals surface area contributed by atoms with Crippen LogP contribution in [0.1, 0.15) is 36.6 Å². The van der Waals surface area contributed by atoms with Crippen molar-refractivity contribution in [2.45, 2.75) is 52.1 Å². The number of aromatic nitrogens is 2. The number of carbonyl (C=O) groups is 1. The summed E-state index contributed by atoms with van der Waals surface area (Å²) in [5.74, 6) is -1.03. The third-order valence-corrected chi connectivity index (χ3v) is 7.19. The maximum Gasteiger partial charge on any atom is 0.332 e. The summed E-state index contributed by atoms with van der Waals surface area (Å²) in [6.45, 7) is 1.91. The summed E-state index contributed by atoms with van der Waals surface area (Å²) in [6.07, 6.45) is 5.15. The van der Waals surface area contributed by atoms with Crippen LogP contribution in [-0.2, 0) is 30.7 Å². The molecule has 1 aliphatic rings. The van der Waals surface area contributed by atoms with Crippen LogP contribution in [0.4, 0.5) is 0 Å². The summed E-state index contributed by atoms with van der Waals surface area (Å²) in [6, 6.07) is 11.6. The largest absolute Gasteiger partial charge is 0.481 e. The van der Waals surface area contributed by atoms with E-state index in [4.69, 9.17) is 0 Å². The van der Waals surface area contributed by atoms with Crippen LogP contribution in [0.15, 0.2) is 46.0 Å². The summed E-state index contributed by atoms with van der Waals surface area (Å²) >= 11 is 1.46. The number of rotatable bonds is 8. The molecule has 0 saturated heterocycles. The van der Waals surface area contributed by atoms with E-state index < -0.39 is 17.6 Å². The summed E-state index contributed by atoms with van der Waals surface area (Å²) < 4.78 is 2.76. The number of aliphatic carboxylic acids is 1. The van der Waals surface area contributed by atoms with Crippen LogP contribution in [0.2, 0.25) is 0 Å². The maximum absolute atomic E-state index is 13.2. The first-order valence-electron chi connectivity index (χ1n) is 10.5. The maximum atomic E-state index is 13.2. The Kier molecular flexibility index (Phi) is 5.90. The molecule has 6 nitrogen and oxygen atoms in total. The van der Waals surface area contributed by atoms with Gasteiger partial charge in [0.15, 0.2) is 0 Å². The molecule has 0 spiro atoms. The minimum Gasteiger partial charge on any atom is -0.481 e. The lowest BCUT2D eigenvalue weighted by Gasteiger charge is -2.24. The molecule has 1 atom stereocenters. The molecule has 0 bridgehead atoms. The molecular weight excluding hydrogens is 400 g/mol. The molecule has 30 heavy (non-hydrogen) atoms. The summed E-state index contributed by atoms with van der Waals surface area (Å²) in [7, 11) is 0. The first kappa shape index (κ1) is 20.6. The fourth-order valence-corrected chi connectivity index (χ4v) is 5.19. The smallest absolute Gasteiger partial charge is 0.332 e. The molecule has 1 aromatic carbocycles. The van der Waals surface area contributed by atoms with E-state index in [0.29, 0.717) is 22.6 Å². The van der Waals surface area contributed by atoms with Crippen molar-refractivity contribution in [3.8, 4) is 0 Å². The van der Waals surface area contributed by atoms with Crippen molar-refractivity contribution in [2.75, 3.05) is 0 Å². The Bertz CT molecular complexity index is 1170.